The number of anilines is 3. The van der Waals surface area contributed by atoms with Gasteiger partial charge < -0.3 is 16.0 Å². The summed E-state index contributed by atoms with van der Waals surface area (Å²) in [6, 6.07) is 13.1. The van der Waals surface area contributed by atoms with Gasteiger partial charge in [-0.05, 0) is 35.7 Å². The van der Waals surface area contributed by atoms with Crippen molar-refractivity contribution < 1.29 is 0 Å². The fourth-order valence-electron chi connectivity index (χ4n) is 3.34. The Morgan fingerprint density at radius 3 is 2.55 bits per heavy atom. The van der Waals surface area contributed by atoms with E-state index in [-0.39, 0.29) is 16.4 Å². The Hall–Kier alpha value is -2.61. The first-order valence-corrected chi connectivity index (χ1v) is 10.1. The van der Waals surface area contributed by atoms with Crippen molar-refractivity contribution in [3.63, 3.8) is 0 Å². The molecule has 9 heteroatoms. The van der Waals surface area contributed by atoms with E-state index in [1.807, 2.05) is 17.0 Å². The maximum absolute atomic E-state index is 12.7. The van der Waals surface area contributed by atoms with Gasteiger partial charge in [-0.25, -0.2) is 0 Å². The maximum Gasteiger partial charge on any atom is 0.264 e. The summed E-state index contributed by atoms with van der Waals surface area (Å²) in [6.45, 7) is 1.39. The van der Waals surface area contributed by atoms with E-state index in [0.29, 0.717) is 28.2 Å². The SMILES string of the molecule is Nc1nc(N2CCc3ccccc3C2)[nH]c(=O)c1C(=S)Nc1cc(Cl)cc(Cl)c1. The van der Waals surface area contributed by atoms with Gasteiger partial charge in [-0.3, -0.25) is 9.78 Å². The monoisotopic (exact) mass is 445 g/mol. The second-order valence-electron chi connectivity index (χ2n) is 6.70. The van der Waals surface area contributed by atoms with Gasteiger partial charge in [0.25, 0.3) is 5.56 Å². The quantitative estimate of drug-likeness (QED) is 0.527. The van der Waals surface area contributed by atoms with Gasteiger partial charge in [0.1, 0.15) is 16.4 Å². The third kappa shape index (κ3) is 4.22. The molecule has 0 saturated heterocycles. The highest BCUT2D eigenvalue weighted by Crippen LogP contribution is 2.24. The number of hydrogen-bond donors (Lipinski definition) is 3. The molecule has 0 bridgehead atoms. The van der Waals surface area contributed by atoms with Crippen LogP contribution in [0.1, 0.15) is 16.7 Å². The van der Waals surface area contributed by atoms with Gasteiger partial charge in [0.2, 0.25) is 5.95 Å². The molecule has 148 valence electrons. The van der Waals surface area contributed by atoms with Gasteiger partial charge in [-0.1, -0.05) is 59.7 Å². The zero-order valence-electron chi connectivity index (χ0n) is 15.2. The second kappa shape index (κ2) is 8.02. The lowest BCUT2D eigenvalue weighted by Gasteiger charge is -2.29. The van der Waals surface area contributed by atoms with Crippen LogP contribution in [-0.4, -0.2) is 21.5 Å². The van der Waals surface area contributed by atoms with Gasteiger partial charge in [0.05, 0.1) is 0 Å². The van der Waals surface area contributed by atoms with E-state index < -0.39 is 5.56 Å². The fourth-order valence-corrected chi connectivity index (χ4v) is 4.18. The number of rotatable bonds is 3. The van der Waals surface area contributed by atoms with Gasteiger partial charge in [0.15, 0.2) is 0 Å². The number of hydrogen-bond acceptors (Lipinski definition) is 5. The van der Waals surface area contributed by atoms with Crippen LogP contribution in [0, 0.1) is 0 Å². The van der Waals surface area contributed by atoms with Crippen molar-refractivity contribution in [3.8, 4) is 0 Å². The van der Waals surface area contributed by atoms with Gasteiger partial charge in [0, 0.05) is 28.8 Å². The first-order chi connectivity index (χ1) is 13.9. The number of nitrogens with zero attached hydrogens (tertiary/aromatic N) is 2. The van der Waals surface area contributed by atoms with Crippen LogP contribution in [0.15, 0.2) is 47.3 Å². The molecule has 0 radical (unpaired) electrons. The van der Waals surface area contributed by atoms with Crippen LogP contribution in [0.25, 0.3) is 0 Å². The van der Waals surface area contributed by atoms with Crippen molar-refractivity contribution in [1.82, 2.24) is 9.97 Å². The lowest BCUT2D eigenvalue weighted by molar-refractivity contribution is 0.706. The Morgan fingerprint density at radius 1 is 1.17 bits per heavy atom. The molecule has 1 aliphatic rings. The molecule has 0 fully saturated rings. The van der Waals surface area contributed by atoms with E-state index in [1.165, 1.54) is 11.1 Å². The fraction of sp³-hybridized carbons (Fsp3) is 0.150. The molecule has 2 heterocycles. The molecule has 0 spiro atoms. The predicted molar refractivity (Wildman–Crippen MR) is 122 cm³/mol. The highest BCUT2D eigenvalue weighted by atomic mass is 35.5. The number of fused-ring (bicyclic) bond motifs is 1. The third-order valence-electron chi connectivity index (χ3n) is 4.71. The molecule has 0 amide bonds. The molecule has 2 aromatic carbocycles. The molecule has 0 aliphatic carbocycles. The van der Waals surface area contributed by atoms with Gasteiger partial charge in [-0.15, -0.1) is 0 Å². The molecule has 1 aromatic heterocycles. The molecule has 4 N–H and O–H groups in total. The minimum Gasteiger partial charge on any atom is -0.383 e. The first-order valence-electron chi connectivity index (χ1n) is 8.89. The highest BCUT2D eigenvalue weighted by molar-refractivity contribution is 7.81. The molecule has 3 aromatic rings. The second-order valence-corrected chi connectivity index (χ2v) is 7.98. The Bertz CT molecular complexity index is 1140. The number of benzene rings is 2. The summed E-state index contributed by atoms with van der Waals surface area (Å²) in [4.78, 5) is 22.1. The number of aromatic nitrogens is 2. The molecular formula is C20H17Cl2N5OS. The third-order valence-corrected chi connectivity index (χ3v) is 5.46. The number of nitrogens with two attached hydrogens (primary N) is 1. The summed E-state index contributed by atoms with van der Waals surface area (Å²) < 4.78 is 0. The Balaban J connectivity index is 1.59. The van der Waals surface area contributed by atoms with Crippen molar-refractivity contribution in [1.29, 1.82) is 0 Å². The molecule has 0 saturated carbocycles. The molecule has 29 heavy (non-hydrogen) atoms. The van der Waals surface area contributed by atoms with Crippen LogP contribution in [0.5, 0.6) is 0 Å². The predicted octanol–water partition coefficient (Wildman–Crippen LogP) is 4.01. The standard InChI is InChI=1S/C20H17Cl2N5OS/c21-13-7-14(22)9-15(8-13)24-19(29)16-17(23)25-20(26-18(16)28)27-6-5-11-3-1-2-4-12(11)10-27/h1-4,7-9H,5-6,10H2,(H,24,29)(H3,23,25,26,28). The number of halogens is 2. The Morgan fingerprint density at radius 2 is 1.86 bits per heavy atom. The number of nitrogen functional groups attached to an aromatic ring is 1. The zero-order chi connectivity index (χ0) is 20.5. The van der Waals surface area contributed by atoms with Crippen molar-refractivity contribution in [2.75, 3.05) is 22.5 Å². The number of thiocarbonyl (C=S) groups is 1. The van der Waals surface area contributed by atoms with E-state index in [2.05, 4.69) is 27.4 Å². The van der Waals surface area contributed by atoms with Crippen LogP contribution in [0.4, 0.5) is 17.5 Å². The van der Waals surface area contributed by atoms with E-state index in [9.17, 15) is 4.79 Å². The van der Waals surface area contributed by atoms with Crippen molar-refractivity contribution in [3.05, 3.63) is 79.6 Å². The van der Waals surface area contributed by atoms with Crippen LogP contribution in [0.2, 0.25) is 10.0 Å². The smallest absolute Gasteiger partial charge is 0.264 e. The van der Waals surface area contributed by atoms with Crippen LogP contribution in [-0.2, 0) is 13.0 Å². The minimum atomic E-state index is -0.406. The van der Waals surface area contributed by atoms with E-state index in [1.54, 1.807) is 18.2 Å². The van der Waals surface area contributed by atoms with Crippen LogP contribution >= 0.6 is 35.4 Å². The molecule has 0 unspecified atom stereocenters. The molecule has 4 rings (SSSR count). The van der Waals surface area contributed by atoms with Crippen molar-refractivity contribution >= 4 is 57.9 Å². The minimum absolute atomic E-state index is 0.0632. The number of H-pyrrole nitrogens is 1. The largest absolute Gasteiger partial charge is 0.383 e. The maximum atomic E-state index is 12.7. The van der Waals surface area contributed by atoms with E-state index in [0.717, 1.165) is 13.0 Å². The van der Waals surface area contributed by atoms with E-state index in [4.69, 9.17) is 41.2 Å². The van der Waals surface area contributed by atoms with Crippen LogP contribution < -0.4 is 21.5 Å². The normalized spacial score (nSPS) is 13.1. The van der Waals surface area contributed by atoms with E-state index >= 15 is 0 Å². The molecular weight excluding hydrogens is 429 g/mol. The van der Waals surface area contributed by atoms with Gasteiger partial charge in [-0.2, -0.15) is 4.98 Å². The first kappa shape index (κ1) is 19.7. The highest BCUT2D eigenvalue weighted by Gasteiger charge is 2.21. The van der Waals surface area contributed by atoms with Crippen molar-refractivity contribution in [2.45, 2.75) is 13.0 Å². The lowest BCUT2D eigenvalue weighted by atomic mass is 10.0. The average Bonchev–Trinajstić information content (AvgIpc) is 2.66. The summed E-state index contributed by atoms with van der Waals surface area (Å²) in [6.07, 6.45) is 0.872. The Labute approximate surface area is 182 Å². The zero-order valence-corrected chi connectivity index (χ0v) is 17.5. The summed E-state index contributed by atoms with van der Waals surface area (Å²) >= 11 is 17.4. The molecule has 6 nitrogen and oxygen atoms in total. The summed E-state index contributed by atoms with van der Waals surface area (Å²) in [5, 5.41) is 3.84. The number of aromatic amines is 1. The van der Waals surface area contributed by atoms with Gasteiger partial charge >= 0.3 is 0 Å². The molecule has 0 atom stereocenters. The summed E-state index contributed by atoms with van der Waals surface area (Å²) in [5.41, 5.74) is 8.88. The average molecular weight is 446 g/mol. The summed E-state index contributed by atoms with van der Waals surface area (Å²) in [7, 11) is 0. The lowest BCUT2D eigenvalue weighted by Crippen LogP contribution is -2.35. The topological polar surface area (TPSA) is 87.0 Å². The summed E-state index contributed by atoms with van der Waals surface area (Å²) in [5.74, 6) is 0.493. The Kier molecular flexibility index (Phi) is 5.45. The molecule has 1 aliphatic heterocycles. The van der Waals surface area contributed by atoms with Crippen LogP contribution in [0.3, 0.4) is 0 Å². The number of nitrogens with one attached hydrogen (secondary N) is 2. The van der Waals surface area contributed by atoms with Crippen molar-refractivity contribution in [2.24, 2.45) is 0 Å².